The highest BCUT2D eigenvalue weighted by molar-refractivity contribution is 7.16. The van der Waals surface area contributed by atoms with Crippen LogP contribution in [0.1, 0.15) is 36.9 Å². The Morgan fingerprint density at radius 3 is 2.50 bits per heavy atom. The van der Waals surface area contributed by atoms with E-state index in [2.05, 4.69) is 5.32 Å². The van der Waals surface area contributed by atoms with E-state index in [0.717, 1.165) is 23.1 Å². The number of rotatable bonds is 4. The van der Waals surface area contributed by atoms with Gasteiger partial charge in [-0.25, -0.2) is 4.79 Å². The van der Waals surface area contributed by atoms with Crippen molar-refractivity contribution in [3.63, 3.8) is 0 Å². The SMILES string of the molecule is COC(=O)c1c(NC(=O)c2ccc(-c3cc(C(F)(F)F)ccc3Cl)o2)sc(C)c1C. The third-order valence-electron chi connectivity index (χ3n) is 4.39. The fourth-order valence-electron chi connectivity index (χ4n) is 2.72. The molecule has 1 amide bonds. The molecule has 30 heavy (non-hydrogen) atoms. The Bertz CT molecular complexity index is 1130. The molecule has 0 saturated heterocycles. The number of hydrogen-bond acceptors (Lipinski definition) is 5. The van der Waals surface area contributed by atoms with Crippen LogP contribution in [-0.4, -0.2) is 19.0 Å². The lowest BCUT2D eigenvalue weighted by Crippen LogP contribution is -2.13. The summed E-state index contributed by atoms with van der Waals surface area (Å²) in [5, 5.41) is 2.92. The lowest BCUT2D eigenvalue weighted by Gasteiger charge is -2.09. The molecule has 0 spiro atoms. The van der Waals surface area contributed by atoms with Gasteiger partial charge in [0.1, 0.15) is 10.8 Å². The van der Waals surface area contributed by atoms with Crippen LogP contribution in [0.4, 0.5) is 18.2 Å². The van der Waals surface area contributed by atoms with E-state index in [1.54, 1.807) is 13.8 Å². The average Bonchev–Trinajstić information content (AvgIpc) is 3.26. The Labute approximate surface area is 178 Å². The number of carbonyl (C=O) groups is 2. The third-order valence-corrected chi connectivity index (χ3v) is 5.84. The number of furan rings is 1. The number of amides is 1. The topological polar surface area (TPSA) is 68.5 Å². The van der Waals surface area contributed by atoms with Crippen molar-refractivity contribution in [2.45, 2.75) is 20.0 Å². The summed E-state index contributed by atoms with van der Waals surface area (Å²) in [6.07, 6.45) is -4.55. The van der Waals surface area contributed by atoms with Crippen LogP contribution in [-0.2, 0) is 10.9 Å². The molecule has 5 nitrogen and oxygen atoms in total. The minimum absolute atomic E-state index is 0.00276. The zero-order valence-electron chi connectivity index (χ0n) is 15.9. The van der Waals surface area contributed by atoms with Crippen molar-refractivity contribution in [3.8, 4) is 11.3 Å². The number of aryl methyl sites for hydroxylation is 1. The lowest BCUT2D eigenvalue weighted by atomic mass is 10.1. The number of thiophene rings is 1. The van der Waals surface area contributed by atoms with Crippen molar-refractivity contribution >= 4 is 39.8 Å². The number of benzene rings is 1. The molecule has 1 aromatic carbocycles. The van der Waals surface area contributed by atoms with Gasteiger partial charge in [0.2, 0.25) is 0 Å². The van der Waals surface area contributed by atoms with Crippen LogP contribution in [0.3, 0.4) is 0 Å². The van der Waals surface area contributed by atoms with E-state index < -0.39 is 23.6 Å². The van der Waals surface area contributed by atoms with Crippen LogP contribution in [0.15, 0.2) is 34.7 Å². The van der Waals surface area contributed by atoms with Gasteiger partial charge in [-0.3, -0.25) is 4.79 Å². The fraction of sp³-hybridized carbons (Fsp3) is 0.200. The fourth-order valence-corrected chi connectivity index (χ4v) is 3.98. The molecule has 3 rings (SSSR count). The molecule has 3 aromatic rings. The van der Waals surface area contributed by atoms with Crippen molar-refractivity contribution in [1.29, 1.82) is 0 Å². The Hall–Kier alpha value is -2.78. The number of anilines is 1. The molecule has 158 valence electrons. The Morgan fingerprint density at radius 1 is 1.17 bits per heavy atom. The van der Waals surface area contributed by atoms with Crippen LogP contribution in [0.25, 0.3) is 11.3 Å². The summed E-state index contributed by atoms with van der Waals surface area (Å²) in [6, 6.07) is 5.49. The van der Waals surface area contributed by atoms with Crippen molar-refractivity contribution in [1.82, 2.24) is 0 Å². The average molecular weight is 458 g/mol. The molecule has 0 aliphatic carbocycles. The second-order valence-corrected chi connectivity index (χ2v) is 7.92. The highest BCUT2D eigenvalue weighted by Gasteiger charge is 2.31. The minimum Gasteiger partial charge on any atom is -0.465 e. The van der Waals surface area contributed by atoms with E-state index in [1.165, 1.54) is 30.6 Å². The maximum atomic E-state index is 13.0. The van der Waals surface area contributed by atoms with Crippen LogP contribution >= 0.6 is 22.9 Å². The molecule has 0 fully saturated rings. The third kappa shape index (κ3) is 4.22. The minimum atomic E-state index is -4.55. The highest BCUT2D eigenvalue weighted by Crippen LogP contribution is 2.37. The van der Waals surface area contributed by atoms with Gasteiger partial charge >= 0.3 is 12.1 Å². The summed E-state index contributed by atoms with van der Waals surface area (Å²) in [6.45, 7) is 3.52. The van der Waals surface area contributed by atoms with Crippen molar-refractivity contribution < 1.29 is 31.9 Å². The normalized spacial score (nSPS) is 11.4. The number of alkyl halides is 3. The Morgan fingerprint density at radius 2 is 1.87 bits per heavy atom. The number of methoxy groups -OCH3 is 1. The molecule has 0 unspecified atom stereocenters. The van der Waals surface area contributed by atoms with E-state index >= 15 is 0 Å². The molecule has 0 atom stereocenters. The lowest BCUT2D eigenvalue weighted by molar-refractivity contribution is -0.137. The largest absolute Gasteiger partial charge is 0.465 e. The molecular formula is C20H15ClF3NO4S. The van der Waals surface area contributed by atoms with Crippen molar-refractivity contribution in [2.24, 2.45) is 0 Å². The number of esters is 1. The second-order valence-electron chi connectivity index (χ2n) is 6.29. The first-order valence-corrected chi connectivity index (χ1v) is 9.69. The molecule has 0 radical (unpaired) electrons. The van der Waals surface area contributed by atoms with Crippen LogP contribution in [0.5, 0.6) is 0 Å². The van der Waals surface area contributed by atoms with Gasteiger partial charge in [0.15, 0.2) is 5.76 Å². The van der Waals surface area contributed by atoms with Crippen LogP contribution in [0, 0.1) is 13.8 Å². The predicted octanol–water partition coefficient (Wildman–Crippen LogP) is 6.34. The van der Waals surface area contributed by atoms with Gasteiger partial charge in [0.25, 0.3) is 5.91 Å². The highest BCUT2D eigenvalue weighted by atomic mass is 35.5. The van der Waals surface area contributed by atoms with Crippen molar-refractivity contribution in [3.05, 3.63) is 62.7 Å². The zero-order chi connectivity index (χ0) is 22.2. The van der Waals surface area contributed by atoms with Gasteiger partial charge < -0.3 is 14.5 Å². The second kappa shape index (κ2) is 8.16. The summed E-state index contributed by atoms with van der Waals surface area (Å²) >= 11 is 7.21. The molecule has 1 N–H and O–H groups in total. The Balaban J connectivity index is 1.90. The number of ether oxygens (including phenoxy) is 1. The van der Waals surface area contributed by atoms with E-state index in [4.69, 9.17) is 20.8 Å². The molecule has 0 aliphatic heterocycles. The monoisotopic (exact) mass is 457 g/mol. The smallest absolute Gasteiger partial charge is 0.416 e. The summed E-state index contributed by atoms with van der Waals surface area (Å²) in [7, 11) is 1.23. The number of nitrogens with one attached hydrogen (secondary N) is 1. The van der Waals surface area contributed by atoms with E-state index in [-0.39, 0.29) is 32.7 Å². The summed E-state index contributed by atoms with van der Waals surface area (Å²) in [5.74, 6) is -1.42. The molecular weight excluding hydrogens is 443 g/mol. The predicted molar refractivity (Wildman–Crippen MR) is 107 cm³/mol. The van der Waals surface area contributed by atoms with Crippen molar-refractivity contribution in [2.75, 3.05) is 12.4 Å². The molecule has 10 heteroatoms. The van der Waals surface area contributed by atoms with Gasteiger partial charge in [-0.15, -0.1) is 11.3 Å². The Kier molecular flexibility index (Phi) is 5.96. The number of halogens is 4. The van der Waals surface area contributed by atoms with E-state index in [0.29, 0.717) is 5.56 Å². The van der Waals surface area contributed by atoms with Crippen LogP contribution in [0.2, 0.25) is 5.02 Å². The van der Waals surface area contributed by atoms with Gasteiger partial charge in [-0.1, -0.05) is 11.6 Å². The number of hydrogen-bond donors (Lipinski definition) is 1. The summed E-state index contributed by atoms with van der Waals surface area (Å²) < 4.78 is 49.1. The maximum Gasteiger partial charge on any atom is 0.416 e. The quantitative estimate of drug-likeness (QED) is 0.464. The first kappa shape index (κ1) is 21.9. The summed E-state index contributed by atoms with van der Waals surface area (Å²) in [5.41, 5.74) is 0.0271. The standard InChI is InChI=1S/C20H15ClF3NO4S/c1-9-10(2)30-18(16(9)19(27)28-3)25-17(26)15-7-6-14(29-15)12-8-11(20(22,23)24)4-5-13(12)21/h4-8H,1-3H3,(H,25,26). The van der Waals surface area contributed by atoms with Gasteiger partial charge in [-0.05, 0) is 49.7 Å². The maximum absolute atomic E-state index is 13.0. The first-order chi connectivity index (χ1) is 14.0. The molecule has 0 bridgehead atoms. The molecule has 0 aliphatic rings. The molecule has 2 aromatic heterocycles. The molecule has 2 heterocycles. The number of carbonyl (C=O) groups excluding carboxylic acids is 2. The molecule has 0 saturated carbocycles. The summed E-state index contributed by atoms with van der Waals surface area (Å²) in [4.78, 5) is 25.4. The van der Waals surface area contributed by atoms with Gasteiger partial charge in [0, 0.05) is 10.4 Å². The van der Waals surface area contributed by atoms with E-state index in [9.17, 15) is 22.8 Å². The van der Waals surface area contributed by atoms with Gasteiger partial charge in [-0.2, -0.15) is 13.2 Å². The van der Waals surface area contributed by atoms with Gasteiger partial charge in [0.05, 0.1) is 23.3 Å². The first-order valence-electron chi connectivity index (χ1n) is 8.49. The van der Waals surface area contributed by atoms with Crippen LogP contribution < -0.4 is 5.32 Å². The van der Waals surface area contributed by atoms with E-state index in [1.807, 2.05) is 0 Å². The zero-order valence-corrected chi connectivity index (χ0v) is 17.5.